The van der Waals surface area contributed by atoms with Crippen LogP contribution in [0, 0.1) is 0 Å². The molecule has 0 aliphatic heterocycles. The first-order chi connectivity index (χ1) is 11.5. The molecule has 0 aliphatic rings. The largest absolute Gasteiger partial charge is 0.326 e. The van der Waals surface area contributed by atoms with Crippen LogP contribution in [-0.4, -0.2) is 24.1 Å². The van der Waals surface area contributed by atoms with Gasteiger partial charge < -0.3 is 10.2 Å². The van der Waals surface area contributed by atoms with Crippen molar-refractivity contribution < 1.29 is 14.4 Å². The van der Waals surface area contributed by atoms with E-state index in [1.165, 1.54) is 13.8 Å². The van der Waals surface area contributed by atoms with Gasteiger partial charge in [0.15, 0.2) is 5.78 Å². The predicted octanol–water partition coefficient (Wildman–Crippen LogP) is 3.27. The van der Waals surface area contributed by atoms with Gasteiger partial charge in [-0.15, -0.1) is 0 Å². The number of ketones is 1. The number of hydrogen-bond donors (Lipinski definition) is 1. The molecule has 124 valence electrons. The second-order valence-corrected chi connectivity index (χ2v) is 5.44. The van der Waals surface area contributed by atoms with Gasteiger partial charge in [0.25, 0.3) is 0 Å². The van der Waals surface area contributed by atoms with Crippen LogP contribution in [0.2, 0.25) is 0 Å². The molecule has 1 N–H and O–H groups in total. The third kappa shape index (κ3) is 4.78. The molecular weight excluding hydrogens is 304 g/mol. The van der Waals surface area contributed by atoms with Crippen LogP contribution in [0.5, 0.6) is 0 Å². The molecule has 5 heteroatoms. The van der Waals surface area contributed by atoms with Crippen molar-refractivity contribution >= 4 is 29.0 Å². The van der Waals surface area contributed by atoms with Crippen LogP contribution < -0.4 is 10.2 Å². The lowest BCUT2D eigenvalue weighted by Gasteiger charge is -2.20. The monoisotopic (exact) mass is 324 g/mol. The molecule has 0 saturated carbocycles. The first kappa shape index (κ1) is 17.4. The highest BCUT2D eigenvalue weighted by atomic mass is 16.2. The Morgan fingerprint density at radius 3 is 2.29 bits per heavy atom. The highest BCUT2D eigenvalue weighted by Crippen LogP contribution is 2.15. The summed E-state index contributed by atoms with van der Waals surface area (Å²) in [6, 6.07) is 16.0. The smallest absolute Gasteiger partial charge is 0.226 e. The summed E-state index contributed by atoms with van der Waals surface area (Å²) in [7, 11) is 0. The fraction of sp³-hybridized carbons (Fsp3) is 0.211. The molecule has 0 fully saturated rings. The first-order valence-electron chi connectivity index (χ1n) is 7.71. The molecule has 0 heterocycles. The van der Waals surface area contributed by atoms with Gasteiger partial charge in [0.2, 0.25) is 11.8 Å². The van der Waals surface area contributed by atoms with Gasteiger partial charge >= 0.3 is 0 Å². The minimum Gasteiger partial charge on any atom is -0.326 e. The Morgan fingerprint density at radius 2 is 1.67 bits per heavy atom. The summed E-state index contributed by atoms with van der Waals surface area (Å²) in [6.07, 6.45) is 0.165. The van der Waals surface area contributed by atoms with E-state index in [1.807, 2.05) is 30.3 Å². The summed E-state index contributed by atoms with van der Waals surface area (Å²) < 4.78 is 0. The Labute approximate surface area is 141 Å². The first-order valence-corrected chi connectivity index (χ1v) is 7.71. The predicted molar refractivity (Wildman–Crippen MR) is 94.2 cm³/mol. The minimum atomic E-state index is -0.210. The normalized spacial score (nSPS) is 10.1. The molecule has 0 aromatic heterocycles. The number of carbonyl (C=O) groups excluding carboxylic acids is 3. The van der Waals surface area contributed by atoms with E-state index in [0.717, 1.165) is 5.69 Å². The lowest BCUT2D eigenvalue weighted by Crippen LogP contribution is -2.31. The van der Waals surface area contributed by atoms with Gasteiger partial charge in [-0.3, -0.25) is 14.4 Å². The molecule has 0 bridgehead atoms. The number of carbonyl (C=O) groups is 3. The fourth-order valence-corrected chi connectivity index (χ4v) is 2.33. The topological polar surface area (TPSA) is 66.5 Å². The van der Waals surface area contributed by atoms with E-state index in [2.05, 4.69) is 5.32 Å². The van der Waals surface area contributed by atoms with Crippen LogP contribution in [-0.2, 0) is 9.59 Å². The van der Waals surface area contributed by atoms with Gasteiger partial charge in [0.1, 0.15) is 0 Å². The molecule has 0 saturated heterocycles. The number of rotatable bonds is 6. The maximum absolute atomic E-state index is 12.1. The summed E-state index contributed by atoms with van der Waals surface area (Å²) in [5, 5.41) is 2.75. The molecule has 5 nitrogen and oxygen atoms in total. The molecule has 2 aromatic carbocycles. The third-order valence-electron chi connectivity index (χ3n) is 3.56. The highest BCUT2D eigenvalue weighted by Gasteiger charge is 2.13. The van der Waals surface area contributed by atoms with Crippen molar-refractivity contribution in [2.45, 2.75) is 20.3 Å². The summed E-state index contributed by atoms with van der Waals surface area (Å²) in [5.41, 5.74) is 1.88. The molecule has 0 spiro atoms. The number of anilines is 2. The molecule has 0 aliphatic carbocycles. The molecule has 0 unspecified atom stereocenters. The van der Waals surface area contributed by atoms with Crippen molar-refractivity contribution in [2.24, 2.45) is 0 Å². The second-order valence-electron chi connectivity index (χ2n) is 5.44. The van der Waals surface area contributed by atoms with E-state index in [-0.39, 0.29) is 30.6 Å². The van der Waals surface area contributed by atoms with Gasteiger partial charge in [0.05, 0.1) is 0 Å². The Bertz CT molecular complexity index is 741. The van der Waals surface area contributed by atoms with E-state index < -0.39 is 0 Å². The Balaban J connectivity index is 1.98. The van der Waals surface area contributed by atoms with Crippen LogP contribution in [0.25, 0.3) is 0 Å². The van der Waals surface area contributed by atoms with Gasteiger partial charge in [0, 0.05) is 36.8 Å². The third-order valence-corrected chi connectivity index (χ3v) is 3.56. The van der Waals surface area contributed by atoms with Crippen molar-refractivity contribution in [1.29, 1.82) is 0 Å². The van der Waals surface area contributed by atoms with Crippen molar-refractivity contribution in [3.05, 3.63) is 60.2 Å². The lowest BCUT2D eigenvalue weighted by atomic mass is 10.1. The number of nitrogens with zero attached hydrogens (tertiary/aromatic N) is 1. The number of para-hydroxylation sites is 1. The van der Waals surface area contributed by atoms with Crippen molar-refractivity contribution in [1.82, 2.24) is 0 Å². The molecule has 0 atom stereocenters. The zero-order chi connectivity index (χ0) is 17.5. The minimum absolute atomic E-state index is 0.0575. The van der Waals surface area contributed by atoms with Gasteiger partial charge in [-0.2, -0.15) is 0 Å². The Kier molecular flexibility index (Phi) is 5.84. The molecule has 2 rings (SSSR count). The number of hydrogen-bond acceptors (Lipinski definition) is 3. The molecule has 2 amide bonds. The van der Waals surface area contributed by atoms with E-state index in [4.69, 9.17) is 0 Å². The number of amides is 2. The molecule has 0 radical (unpaired) electrons. The highest BCUT2D eigenvalue weighted by molar-refractivity contribution is 5.97. The SMILES string of the molecule is CC(=O)c1cccc(NC(=O)CCN(C(C)=O)c2ccccc2)c1. The van der Waals surface area contributed by atoms with E-state index in [1.54, 1.807) is 29.2 Å². The summed E-state index contributed by atoms with van der Waals surface area (Å²) >= 11 is 0. The van der Waals surface area contributed by atoms with E-state index in [0.29, 0.717) is 11.3 Å². The number of Topliss-reactive ketones (excluding diaryl/α,β-unsaturated/α-hetero) is 1. The zero-order valence-corrected chi connectivity index (χ0v) is 13.8. The average molecular weight is 324 g/mol. The lowest BCUT2D eigenvalue weighted by molar-refractivity contribution is -0.117. The quantitative estimate of drug-likeness (QED) is 0.829. The second kappa shape index (κ2) is 8.06. The average Bonchev–Trinajstić information content (AvgIpc) is 2.56. The number of benzene rings is 2. The summed E-state index contributed by atoms with van der Waals surface area (Å²) in [5.74, 6) is -0.386. The summed E-state index contributed by atoms with van der Waals surface area (Å²) in [6.45, 7) is 3.24. The van der Waals surface area contributed by atoms with Gasteiger partial charge in [-0.05, 0) is 31.2 Å². The summed E-state index contributed by atoms with van der Waals surface area (Å²) in [4.78, 5) is 36.8. The Hall–Kier alpha value is -2.95. The number of nitrogens with one attached hydrogen (secondary N) is 1. The van der Waals surface area contributed by atoms with Crippen LogP contribution >= 0.6 is 0 Å². The molecular formula is C19H20N2O3. The van der Waals surface area contributed by atoms with Crippen molar-refractivity contribution in [3.63, 3.8) is 0 Å². The van der Waals surface area contributed by atoms with Gasteiger partial charge in [-0.25, -0.2) is 0 Å². The van der Waals surface area contributed by atoms with Crippen LogP contribution in [0.15, 0.2) is 54.6 Å². The van der Waals surface area contributed by atoms with Crippen molar-refractivity contribution in [3.8, 4) is 0 Å². The van der Waals surface area contributed by atoms with E-state index >= 15 is 0 Å². The van der Waals surface area contributed by atoms with E-state index in [9.17, 15) is 14.4 Å². The van der Waals surface area contributed by atoms with Crippen LogP contribution in [0.4, 0.5) is 11.4 Å². The van der Waals surface area contributed by atoms with Gasteiger partial charge in [-0.1, -0.05) is 30.3 Å². The van der Waals surface area contributed by atoms with Crippen molar-refractivity contribution in [2.75, 3.05) is 16.8 Å². The zero-order valence-electron chi connectivity index (χ0n) is 13.8. The van der Waals surface area contributed by atoms with Crippen LogP contribution in [0.3, 0.4) is 0 Å². The standard InChI is InChI=1S/C19H20N2O3/c1-14(22)16-7-6-8-17(13-16)20-19(24)11-12-21(15(2)23)18-9-4-3-5-10-18/h3-10,13H,11-12H2,1-2H3,(H,20,24). The maximum atomic E-state index is 12.1. The van der Waals surface area contributed by atoms with Crippen LogP contribution in [0.1, 0.15) is 30.6 Å². The molecule has 2 aromatic rings. The fourth-order valence-electron chi connectivity index (χ4n) is 2.33. The molecule has 24 heavy (non-hydrogen) atoms. The Morgan fingerprint density at radius 1 is 0.958 bits per heavy atom. The maximum Gasteiger partial charge on any atom is 0.226 e.